The van der Waals surface area contributed by atoms with Crippen molar-refractivity contribution in [3.05, 3.63) is 81.3 Å². The van der Waals surface area contributed by atoms with Crippen LogP contribution in [0.2, 0.25) is 5.02 Å². The third kappa shape index (κ3) is 2.59. The fourth-order valence-electron chi connectivity index (χ4n) is 2.33. The zero-order valence-electron chi connectivity index (χ0n) is 10.7. The zero-order chi connectivity index (χ0) is 14.1. The van der Waals surface area contributed by atoms with E-state index in [-0.39, 0.29) is 6.04 Å². The standard InChI is InChI=1S/C17H13BrClN/c18-14-7-8-16(19)15(10-14)17(20)13-6-5-11-3-1-2-4-12(11)9-13/h1-10,17H,20H2. The minimum absolute atomic E-state index is 0.232. The van der Waals surface area contributed by atoms with Gasteiger partial charge in [-0.25, -0.2) is 0 Å². The highest BCUT2D eigenvalue weighted by atomic mass is 79.9. The molecule has 3 heteroatoms. The third-order valence-corrected chi connectivity index (χ3v) is 4.26. The summed E-state index contributed by atoms with van der Waals surface area (Å²) in [5.74, 6) is 0. The van der Waals surface area contributed by atoms with Crippen molar-refractivity contribution in [2.75, 3.05) is 0 Å². The van der Waals surface area contributed by atoms with Crippen molar-refractivity contribution in [2.24, 2.45) is 5.73 Å². The molecule has 0 fully saturated rings. The number of fused-ring (bicyclic) bond motifs is 1. The second kappa shape index (κ2) is 5.57. The molecule has 20 heavy (non-hydrogen) atoms. The van der Waals surface area contributed by atoms with E-state index in [1.807, 2.05) is 30.3 Å². The van der Waals surface area contributed by atoms with Crippen molar-refractivity contribution in [3.8, 4) is 0 Å². The average molecular weight is 347 g/mol. The second-order valence-corrected chi connectivity index (χ2v) is 6.07. The van der Waals surface area contributed by atoms with Crippen molar-refractivity contribution < 1.29 is 0 Å². The van der Waals surface area contributed by atoms with Gasteiger partial charge in [0.1, 0.15) is 0 Å². The van der Waals surface area contributed by atoms with Crippen LogP contribution in [0.15, 0.2) is 65.1 Å². The van der Waals surface area contributed by atoms with Crippen LogP contribution >= 0.6 is 27.5 Å². The Balaban J connectivity index is 2.07. The van der Waals surface area contributed by atoms with Gasteiger partial charge in [0.25, 0.3) is 0 Å². The predicted molar refractivity (Wildman–Crippen MR) is 89.1 cm³/mol. The summed E-state index contributed by atoms with van der Waals surface area (Å²) in [7, 11) is 0. The van der Waals surface area contributed by atoms with Crippen LogP contribution in [0.5, 0.6) is 0 Å². The van der Waals surface area contributed by atoms with E-state index >= 15 is 0 Å². The van der Waals surface area contributed by atoms with Crippen LogP contribution in [0, 0.1) is 0 Å². The summed E-state index contributed by atoms with van der Waals surface area (Å²) in [6.07, 6.45) is 0. The smallest absolute Gasteiger partial charge is 0.0567 e. The average Bonchev–Trinajstić information content (AvgIpc) is 2.48. The van der Waals surface area contributed by atoms with E-state index < -0.39 is 0 Å². The molecule has 0 heterocycles. The fourth-order valence-corrected chi connectivity index (χ4v) is 2.95. The molecule has 1 nitrogen and oxygen atoms in total. The lowest BCUT2D eigenvalue weighted by Gasteiger charge is -2.15. The molecule has 3 aromatic carbocycles. The third-order valence-electron chi connectivity index (χ3n) is 3.43. The number of hydrogen-bond donors (Lipinski definition) is 1. The number of rotatable bonds is 2. The number of nitrogens with two attached hydrogens (primary N) is 1. The molecule has 0 radical (unpaired) electrons. The lowest BCUT2D eigenvalue weighted by atomic mass is 9.97. The van der Waals surface area contributed by atoms with Gasteiger partial charge in [-0.15, -0.1) is 0 Å². The summed E-state index contributed by atoms with van der Waals surface area (Å²) >= 11 is 9.72. The highest BCUT2D eigenvalue weighted by Gasteiger charge is 2.13. The number of hydrogen-bond acceptors (Lipinski definition) is 1. The van der Waals surface area contributed by atoms with E-state index in [1.54, 1.807) is 0 Å². The van der Waals surface area contributed by atoms with Gasteiger partial charge in [0, 0.05) is 9.50 Å². The van der Waals surface area contributed by atoms with Crippen LogP contribution in [-0.2, 0) is 0 Å². The van der Waals surface area contributed by atoms with Crippen LogP contribution in [0.3, 0.4) is 0 Å². The lowest BCUT2D eigenvalue weighted by molar-refractivity contribution is 0.873. The molecular formula is C17H13BrClN. The molecule has 0 bridgehead atoms. The van der Waals surface area contributed by atoms with E-state index in [9.17, 15) is 0 Å². The van der Waals surface area contributed by atoms with Crippen molar-refractivity contribution in [2.45, 2.75) is 6.04 Å². The largest absolute Gasteiger partial charge is 0.320 e. The summed E-state index contributed by atoms with van der Waals surface area (Å²) in [6, 6.07) is 20.0. The maximum absolute atomic E-state index is 6.37. The Morgan fingerprint density at radius 3 is 2.45 bits per heavy atom. The van der Waals surface area contributed by atoms with Gasteiger partial charge in [-0.05, 0) is 46.2 Å². The monoisotopic (exact) mass is 345 g/mol. The van der Waals surface area contributed by atoms with Gasteiger partial charge in [-0.1, -0.05) is 63.9 Å². The van der Waals surface area contributed by atoms with Gasteiger partial charge in [0.15, 0.2) is 0 Å². The molecule has 0 aliphatic rings. The minimum Gasteiger partial charge on any atom is -0.320 e. The van der Waals surface area contributed by atoms with E-state index in [0.717, 1.165) is 15.6 Å². The Labute approximate surface area is 131 Å². The predicted octanol–water partition coefficient (Wildman–Crippen LogP) is 5.30. The topological polar surface area (TPSA) is 26.0 Å². The van der Waals surface area contributed by atoms with Gasteiger partial charge in [-0.2, -0.15) is 0 Å². The molecule has 0 saturated heterocycles. The minimum atomic E-state index is -0.232. The maximum atomic E-state index is 6.37. The SMILES string of the molecule is NC(c1ccc2ccccc2c1)c1cc(Br)ccc1Cl. The van der Waals surface area contributed by atoms with Gasteiger partial charge in [0.05, 0.1) is 6.04 Å². The summed E-state index contributed by atoms with van der Waals surface area (Å²) in [5, 5.41) is 3.09. The van der Waals surface area contributed by atoms with Crippen LogP contribution in [0.4, 0.5) is 0 Å². The van der Waals surface area contributed by atoms with E-state index in [4.69, 9.17) is 17.3 Å². The Kier molecular flexibility index (Phi) is 3.79. The van der Waals surface area contributed by atoms with Gasteiger partial charge in [0.2, 0.25) is 0 Å². The second-order valence-electron chi connectivity index (χ2n) is 4.75. The van der Waals surface area contributed by atoms with Gasteiger partial charge < -0.3 is 5.73 Å². The highest BCUT2D eigenvalue weighted by Crippen LogP contribution is 2.30. The summed E-state index contributed by atoms with van der Waals surface area (Å²) in [4.78, 5) is 0. The normalized spacial score (nSPS) is 12.6. The zero-order valence-corrected chi connectivity index (χ0v) is 13.0. The summed E-state index contributed by atoms with van der Waals surface area (Å²) in [6.45, 7) is 0. The quantitative estimate of drug-likeness (QED) is 0.669. The first kappa shape index (κ1) is 13.6. The van der Waals surface area contributed by atoms with Crippen molar-refractivity contribution in [1.29, 1.82) is 0 Å². The molecule has 0 spiro atoms. The van der Waals surface area contributed by atoms with Crippen molar-refractivity contribution in [3.63, 3.8) is 0 Å². The molecule has 3 rings (SSSR count). The molecule has 0 aliphatic heterocycles. The Hall–Kier alpha value is -1.35. The van der Waals surface area contributed by atoms with Crippen LogP contribution in [0.25, 0.3) is 10.8 Å². The van der Waals surface area contributed by atoms with Crippen molar-refractivity contribution >= 4 is 38.3 Å². The van der Waals surface area contributed by atoms with Crippen LogP contribution < -0.4 is 5.73 Å². The molecule has 0 amide bonds. The number of benzene rings is 3. The maximum Gasteiger partial charge on any atom is 0.0567 e. The van der Waals surface area contributed by atoms with Crippen molar-refractivity contribution in [1.82, 2.24) is 0 Å². The van der Waals surface area contributed by atoms with Gasteiger partial charge >= 0.3 is 0 Å². The lowest BCUT2D eigenvalue weighted by Crippen LogP contribution is -2.12. The molecule has 0 aliphatic carbocycles. The van der Waals surface area contributed by atoms with Gasteiger partial charge in [-0.3, -0.25) is 0 Å². The Morgan fingerprint density at radius 1 is 0.900 bits per heavy atom. The fraction of sp³-hybridized carbons (Fsp3) is 0.0588. The highest BCUT2D eigenvalue weighted by molar-refractivity contribution is 9.10. The summed E-state index contributed by atoms with van der Waals surface area (Å²) in [5.41, 5.74) is 8.36. The molecule has 0 saturated carbocycles. The van der Waals surface area contributed by atoms with E-state index in [0.29, 0.717) is 5.02 Å². The first-order valence-corrected chi connectivity index (χ1v) is 7.51. The molecule has 1 unspecified atom stereocenters. The first-order chi connectivity index (χ1) is 9.65. The molecule has 0 aromatic heterocycles. The summed E-state index contributed by atoms with van der Waals surface area (Å²) < 4.78 is 0.980. The van der Waals surface area contributed by atoms with Crippen LogP contribution in [-0.4, -0.2) is 0 Å². The molecule has 1 atom stereocenters. The first-order valence-electron chi connectivity index (χ1n) is 6.34. The van der Waals surface area contributed by atoms with Crippen LogP contribution in [0.1, 0.15) is 17.2 Å². The molecular weight excluding hydrogens is 334 g/mol. The van der Waals surface area contributed by atoms with E-state index in [2.05, 4.69) is 46.3 Å². The Morgan fingerprint density at radius 2 is 1.65 bits per heavy atom. The molecule has 2 N–H and O–H groups in total. The Bertz CT molecular complexity index is 770. The molecule has 3 aromatic rings. The van der Waals surface area contributed by atoms with E-state index in [1.165, 1.54) is 10.8 Å². The molecule has 100 valence electrons. The number of halogens is 2.